The van der Waals surface area contributed by atoms with Crippen LogP contribution in [-0.2, 0) is 9.47 Å². The minimum absolute atomic E-state index is 0.0118. The van der Waals surface area contributed by atoms with E-state index in [9.17, 15) is 4.79 Å². The summed E-state index contributed by atoms with van der Waals surface area (Å²) >= 11 is 0. The molecule has 1 aliphatic carbocycles. The van der Waals surface area contributed by atoms with Gasteiger partial charge in [-0.2, -0.15) is 0 Å². The van der Waals surface area contributed by atoms with Crippen LogP contribution >= 0.6 is 0 Å². The lowest BCUT2D eigenvalue weighted by molar-refractivity contribution is -0.0434. The summed E-state index contributed by atoms with van der Waals surface area (Å²) in [6.07, 6.45) is 3.58. The molecule has 0 radical (unpaired) electrons. The first-order valence-electron chi connectivity index (χ1n) is 7.84. The van der Waals surface area contributed by atoms with Crippen LogP contribution in [0.3, 0.4) is 0 Å². The van der Waals surface area contributed by atoms with Crippen molar-refractivity contribution in [1.29, 1.82) is 0 Å². The number of rotatable bonds is 4. The van der Waals surface area contributed by atoms with Crippen molar-refractivity contribution in [2.75, 3.05) is 19.8 Å². The van der Waals surface area contributed by atoms with Gasteiger partial charge in [-0.15, -0.1) is 6.58 Å². The standard InChI is InChI=1S/C17H23NO4/c1-4-8-21-16-14-5-6-15(16)20-9-7-18(14)17(19)13-10-11(2)22-12(13)3/h4,10,14-16H,1,5-9H2,2-3H3. The number of fused-ring (bicyclic) bond motifs is 2. The van der Waals surface area contributed by atoms with Gasteiger partial charge in [-0.05, 0) is 32.8 Å². The third-order valence-electron chi connectivity index (χ3n) is 4.50. The molecule has 0 aromatic carbocycles. The predicted octanol–water partition coefficient (Wildman–Crippen LogP) is 2.47. The van der Waals surface area contributed by atoms with Gasteiger partial charge < -0.3 is 18.8 Å². The van der Waals surface area contributed by atoms with Crippen molar-refractivity contribution in [3.8, 4) is 0 Å². The maximum absolute atomic E-state index is 12.9. The molecule has 2 bridgehead atoms. The van der Waals surface area contributed by atoms with Crippen molar-refractivity contribution in [1.82, 2.24) is 4.90 Å². The lowest BCUT2D eigenvalue weighted by Crippen LogP contribution is -2.46. The van der Waals surface area contributed by atoms with Crippen molar-refractivity contribution in [2.45, 2.75) is 44.9 Å². The van der Waals surface area contributed by atoms with Crippen molar-refractivity contribution in [2.24, 2.45) is 0 Å². The molecule has 0 spiro atoms. The molecule has 2 fully saturated rings. The molecular formula is C17H23NO4. The number of hydrogen-bond donors (Lipinski definition) is 0. The Labute approximate surface area is 130 Å². The van der Waals surface area contributed by atoms with Crippen LogP contribution in [-0.4, -0.2) is 48.8 Å². The quantitative estimate of drug-likeness (QED) is 0.802. The molecule has 120 valence electrons. The second-order valence-electron chi connectivity index (χ2n) is 5.97. The molecule has 0 N–H and O–H groups in total. The molecule has 22 heavy (non-hydrogen) atoms. The fourth-order valence-electron chi connectivity index (χ4n) is 3.54. The van der Waals surface area contributed by atoms with Crippen LogP contribution in [0.2, 0.25) is 0 Å². The van der Waals surface area contributed by atoms with Crippen molar-refractivity contribution in [3.05, 3.63) is 35.8 Å². The summed E-state index contributed by atoms with van der Waals surface area (Å²) in [5.41, 5.74) is 0.644. The largest absolute Gasteiger partial charge is 0.466 e. The summed E-state index contributed by atoms with van der Waals surface area (Å²) < 4.78 is 17.3. The molecule has 1 aliphatic heterocycles. The van der Waals surface area contributed by atoms with E-state index < -0.39 is 0 Å². The summed E-state index contributed by atoms with van der Waals surface area (Å²) in [6, 6.07) is 1.88. The van der Waals surface area contributed by atoms with E-state index in [2.05, 4.69) is 6.58 Å². The Balaban J connectivity index is 1.84. The van der Waals surface area contributed by atoms with E-state index in [1.165, 1.54) is 0 Å². The van der Waals surface area contributed by atoms with Gasteiger partial charge in [0.1, 0.15) is 17.6 Å². The van der Waals surface area contributed by atoms with Crippen LogP contribution in [0.15, 0.2) is 23.1 Å². The van der Waals surface area contributed by atoms with E-state index in [-0.39, 0.29) is 24.2 Å². The Kier molecular flexibility index (Phi) is 4.36. The van der Waals surface area contributed by atoms with Crippen LogP contribution in [0.5, 0.6) is 0 Å². The van der Waals surface area contributed by atoms with Crippen LogP contribution in [0.25, 0.3) is 0 Å². The average Bonchev–Trinajstić information content (AvgIpc) is 2.95. The zero-order valence-electron chi connectivity index (χ0n) is 13.2. The van der Waals surface area contributed by atoms with Gasteiger partial charge in [0.25, 0.3) is 5.91 Å². The van der Waals surface area contributed by atoms with Crippen molar-refractivity contribution >= 4 is 5.91 Å². The van der Waals surface area contributed by atoms with E-state index >= 15 is 0 Å². The maximum atomic E-state index is 12.9. The van der Waals surface area contributed by atoms with Crippen molar-refractivity contribution in [3.63, 3.8) is 0 Å². The minimum atomic E-state index is -0.0715. The molecule has 2 heterocycles. The Hall–Kier alpha value is -1.59. The van der Waals surface area contributed by atoms with Crippen LogP contribution in [0, 0.1) is 13.8 Å². The molecule has 1 amide bonds. The van der Waals surface area contributed by atoms with E-state index in [4.69, 9.17) is 13.9 Å². The molecule has 1 saturated carbocycles. The van der Waals surface area contributed by atoms with Gasteiger partial charge in [0.2, 0.25) is 0 Å². The number of furan rings is 1. The fourth-order valence-corrected chi connectivity index (χ4v) is 3.54. The lowest BCUT2D eigenvalue weighted by Gasteiger charge is -2.31. The summed E-state index contributed by atoms with van der Waals surface area (Å²) in [4.78, 5) is 14.8. The second-order valence-corrected chi connectivity index (χ2v) is 5.97. The highest BCUT2D eigenvalue weighted by Gasteiger charge is 2.45. The first-order valence-corrected chi connectivity index (χ1v) is 7.84. The van der Waals surface area contributed by atoms with Gasteiger partial charge in [0.05, 0.1) is 30.9 Å². The van der Waals surface area contributed by atoms with Gasteiger partial charge in [-0.3, -0.25) is 4.79 Å². The van der Waals surface area contributed by atoms with Gasteiger partial charge in [-0.25, -0.2) is 0 Å². The van der Waals surface area contributed by atoms with E-state index in [1.807, 2.05) is 24.8 Å². The van der Waals surface area contributed by atoms with Gasteiger partial charge >= 0.3 is 0 Å². The number of hydrogen-bond acceptors (Lipinski definition) is 4. The number of nitrogens with zero attached hydrogens (tertiary/aromatic N) is 1. The summed E-state index contributed by atoms with van der Waals surface area (Å²) in [5, 5.41) is 0. The SMILES string of the molecule is C=CCOC1C2CCC1N(C(=O)c1cc(C)oc1C)CCO2. The number of ether oxygens (including phenoxy) is 2. The molecule has 5 nitrogen and oxygen atoms in total. The molecule has 2 aliphatic rings. The molecule has 5 heteroatoms. The Morgan fingerprint density at radius 2 is 2.32 bits per heavy atom. The van der Waals surface area contributed by atoms with Gasteiger partial charge in [0.15, 0.2) is 0 Å². The maximum Gasteiger partial charge on any atom is 0.257 e. The van der Waals surface area contributed by atoms with Crippen LogP contribution in [0.1, 0.15) is 34.7 Å². The highest BCUT2D eigenvalue weighted by atomic mass is 16.5. The van der Waals surface area contributed by atoms with Gasteiger partial charge in [0, 0.05) is 6.54 Å². The normalized spacial score (nSPS) is 27.7. The third kappa shape index (κ3) is 2.71. The predicted molar refractivity (Wildman–Crippen MR) is 81.9 cm³/mol. The number of amides is 1. The van der Waals surface area contributed by atoms with E-state index in [1.54, 1.807) is 6.08 Å². The summed E-state index contributed by atoms with van der Waals surface area (Å²) in [7, 11) is 0. The average molecular weight is 305 g/mol. The molecule has 1 aromatic rings. The smallest absolute Gasteiger partial charge is 0.257 e. The number of carbonyl (C=O) groups excluding carboxylic acids is 1. The zero-order valence-corrected chi connectivity index (χ0v) is 13.2. The summed E-state index contributed by atoms with van der Waals surface area (Å²) in [6.45, 7) is 9.01. The molecule has 3 atom stereocenters. The number of carbonyl (C=O) groups is 1. The highest BCUT2D eigenvalue weighted by molar-refractivity contribution is 5.95. The molecular weight excluding hydrogens is 282 g/mol. The first kappa shape index (κ1) is 15.3. The third-order valence-corrected chi connectivity index (χ3v) is 4.50. The van der Waals surface area contributed by atoms with E-state index in [0.29, 0.717) is 31.1 Å². The van der Waals surface area contributed by atoms with E-state index in [0.717, 1.165) is 18.6 Å². The zero-order chi connectivity index (χ0) is 15.7. The van der Waals surface area contributed by atoms with Crippen molar-refractivity contribution < 1.29 is 18.7 Å². The monoisotopic (exact) mass is 305 g/mol. The summed E-state index contributed by atoms with van der Waals surface area (Å²) in [5.74, 6) is 1.44. The van der Waals surface area contributed by atoms with Crippen LogP contribution < -0.4 is 0 Å². The number of aryl methyl sites for hydroxylation is 2. The topological polar surface area (TPSA) is 51.9 Å². The Morgan fingerprint density at radius 1 is 1.50 bits per heavy atom. The molecule has 3 unspecified atom stereocenters. The lowest BCUT2D eigenvalue weighted by atomic mass is 10.1. The first-order chi connectivity index (χ1) is 10.6. The van der Waals surface area contributed by atoms with Crippen LogP contribution in [0.4, 0.5) is 0 Å². The highest BCUT2D eigenvalue weighted by Crippen LogP contribution is 2.33. The molecule has 3 rings (SSSR count). The molecule has 1 aromatic heterocycles. The second kappa shape index (κ2) is 6.26. The minimum Gasteiger partial charge on any atom is -0.466 e. The molecule has 1 saturated heterocycles. The Morgan fingerprint density at radius 3 is 3.00 bits per heavy atom. The van der Waals surface area contributed by atoms with Gasteiger partial charge in [-0.1, -0.05) is 6.08 Å². The Bertz CT molecular complexity index is 565. The fraction of sp³-hybridized carbons (Fsp3) is 0.588.